The standard InChI is InChI=1S/C20H21ClN2O3/c1-12-17(4-3-5-18(12)23-20(25)14-6-7-14)22-19(24)13(2)26-16-10-8-15(21)9-11-16/h3-5,8-11,13-14H,6-7H2,1-2H3,(H,22,24)(H,23,25). The molecule has 1 aliphatic carbocycles. The maximum Gasteiger partial charge on any atom is 0.265 e. The van der Waals surface area contributed by atoms with Crippen LogP contribution >= 0.6 is 11.6 Å². The Morgan fingerprint density at radius 2 is 1.69 bits per heavy atom. The number of halogens is 1. The van der Waals surface area contributed by atoms with Gasteiger partial charge in [0.2, 0.25) is 5.91 Å². The van der Waals surface area contributed by atoms with Crippen molar-refractivity contribution in [2.75, 3.05) is 10.6 Å². The largest absolute Gasteiger partial charge is 0.481 e. The van der Waals surface area contributed by atoms with Crippen molar-refractivity contribution < 1.29 is 14.3 Å². The number of rotatable bonds is 6. The fraction of sp³-hybridized carbons (Fsp3) is 0.300. The zero-order chi connectivity index (χ0) is 18.7. The van der Waals surface area contributed by atoms with E-state index < -0.39 is 6.10 Å². The van der Waals surface area contributed by atoms with E-state index in [0.717, 1.165) is 18.4 Å². The summed E-state index contributed by atoms with van der Waals surface area (Å²) >= 11 is 5.84. The van der Waals surface area contributed by atoms with Crippen LogP contribution in [0.5, 0.6) is 5.75 Å². The third-order valence-electron chi connectivity index (χ3n) is 4.29. The van der Waals surface area contributed by atoms with Gasteiger partial charge in [-0.25, -0.2) is 0 Å². The van der Waals surface area contributed by atoms with E-state index in [1.807, 2.05) is 13.0 Å². The highest BCUT2D eigenvalue weighted by molar-refractivity contribution is 6.30. The van der Waals surface area contributed by atoms with Gasteiger partial charge in [0.05, 0.1) is 0 Å². The first-order valence-electron chi connectivity index (χ1n) is 8.57. The number of ether oxygens (including phenoxy) is 1. The number of carbonyl (C=O) groups excluding carboxylic acids is 2. The molecule has 0 spiro atoms. The van der Waals surface area contributed by atoms with E-state index in [2.05, 4.69) is 10.6 Å². The van der Waals surface area contributed by atoms with Crippen LogP contribution in [-0.2, 0) is 9.59 Å². The van der Waals surface area contributed by atoms with Gasteiger partial charge < -0.3 is 15.4 Å². The Kier molecular flexibility index (Phi) is 5.47. The molecule has 1 saturated carbocycles. The lowest BCUT2D eigenvalue weighted by molar-refractivity contribution is -0.122. The number of carbonyl (C=O) groups is 2. The highest BCUT2D eigenvalue weighted by atomic mass is 35.5. The first kappa shape index (κ1) is 18.3. The Bertz CT molecular complexity index is 816. The number of anilines is 2. The fourth-order valence-corrected chi connectivity index (χ4v) is 2.62. The minimum Gasteiger partial charge on any atom is -0.481 e. The van der Waals surface area contributed by atoms with Crippen molar-refractivity contribution in [3.05, 3.63) is 53.1 Å². The molecule has 5 nitrogen and oxygen atoms in total. The van der Waals surface area contributed by atoms with Crippen LogP contribution in [0.3, 0.4) is 0 Å². The van der Waals surface area contributed by atoms with Gasteiger partial charge in [0, 0.05) is 22.3 Å². The second-order valence-electron chi connectivity index (χ2n) is 6.44. The van der Waals surface area contributed by atoms with Crippen molar-refractivity contribution >= 4 is 34.8 Å². The Hall–Kier alpha value is -2.53. The molecule has 0 aromatic heterocycles. The Morgan fingerprint density at radius 1 is 1.08 bits per heavy atom. The summed E-state index contributed by atoms with van der Waals surface area (Å²) < 4.78 is 5.64. The molecule has 2 N–H and O–H groups in total. The number of hydrogen-bond acceptors (Lipinski definition) is 3. The molecule has 0 radical (unpaired) electrons. The van der Waals surface area contributed by atoms with Gasteiger partial charge in [-0.05, 0) is 68.7 Å². The van der Waals surface area contributed by atoms with Crippen LogP contribution in [0.4, 0.5) is 11.4 Å². The van der Waals surface area contributed by atoms with Crippen LogP contribution < -0.4 is 15.4 Å². The van der Waals surface area contributed by atoms with Crippen LogP contribution in [0.2, 0.25) is 5.02 Å². The Labute approximate surface area is 157 Å². The summed E-state index contributed by atoms with van der Waals surface area (Å²) in [6, 6.07) is 12.3. The number of benzene rings is 2. The summed E-state index contributed by atoms with van der Waals surface area (Å²) in [5, 5.41) is 6.39. The zero-order valence-electron chi connectivity index (χ0n) is 14.7. The Balaban J connectivity index is 1.64. The van der Waals surface area contributed by atoms with Gasteiger partial charge >= 0.3 is 0 Å². The molecular formula is C20H21ClN2O3. The molecule has 1 aliphatic rings. The second kappa shape index (κ2) is 7.79. The van der Waals surface area contributed by atoms with Gasteiger partial charge in [-0.2, -0.15) is 0 Å². The first-order valence-corrected chi connectivity index (χ1v) is 8.95. The van der Waals surface area contributed by atoms with Gasteiger partial charge in [0.15, 0.2) is 6.10 Å². The monoisotopic (exact) mass is 372 g/mol. The van der Waals surface area contributed by atoms with Crippen LogP contribution in [0.15, 0.2) is 42.5 Å². The number of amides is 2. The lowest BCUT2D eigenvalue weighted by Crippen LogP contribution is -2.30. The van der Waals surface area contributed by atoms with E-state index >= 15 is 0 Å². The Morgan fingerprint density at radius 3 is 2.31 bits per heavy atom. The van der Waals surface area contributed by atoms with Gasteiger partial charge in [-0.1, -0.05) is 17.7 Å². The summed E-state index contributed by atoms with van der Waals surface area (Å²) in [4.78, 5) is 24.4. The fourth-order valence-electron chi connectivity index (χ4n) is 2.49. The molecule has 6 heteroatoms. The van der Waals surface area contributed by atoms with Crippen molar-refractivity contribution in [3.63, 3.8) is 0 Å². The second-order valence-corrected chi connectivity index (χ2v) is 6.88. The van der Waals surface area contributed by atoms with Crippen LogP contribution in [-0.4, -0.2) is 17.9 Å². The van der Waals surface area contributed by atoms with E-state index in [1.54, 1.807) is 43.3 Å². The van der Waals surface area contributed by atoms with Gasteiger partial charge in [0.1, 0.15) is 5.75 Å². The van der Waals surface area contributed by atoms with Gasteiger partial charge in [-0.15, -0.1) is 0 Å². The van der Waals surface area contributed by atoms with E-state index in [1.165, 1.54) is 0 Å². The molecule has 2 aromatic rings. The van der Waals surface area contributed by atoms with Crippen molar-refractivity contribution in [1.29, 1.82) is 0 Å². The normalized spacial score (nSPS) is 14.4. The van der Waals surface area contributed by atoms with Crippen molar-refractivity contribution in [3.8, 4) is 5.75 Å². The van der Waals surface area contributed by atoms with Crippen LogP contribution in [0.25, 0.3) is 0 Å². The lowest BCUT2D eigenvalue weighted by Gasteiger charge is -2.17. The average molecular weight is 373 g/mol. The maximum atomic E-state index is 12.4. The smallest absolute Gasteiger partial charge is 0.265 e. The first-order chi connectivity index (χ1) is 12.4. The molecule has 0 heterocycles. The lowest BCUT2D eigenvalue weighted by atomic mass is 10.1. The highest BCUT2D eigenvalue weighted by Gasteiger charge is 2.30. The summed E-state index contributed by atoms with van der Waals surface area (Å²) in [5.41, 5.74) is 2.18. The van der Waals surface area contributed by atoms with Gasteiger partial charge in [0.25, 0.3) is 5.91 Å². The zero-order valence-corrected chi connectivity index (χ0v) is 15.5. The van der Waals surface area contributed by atoms with E-state index in [0.29, 0.717) is 22.1 Å². The van der Waals surface area contributed by atoms with Crippen molar-refractivity contribution in [2.45, 2.75) is 32.8 Å². The topological polar surface area (TPSA) is 67.4 Å². The van der Waals surface area contributed by atoms with Crippen LogP contribution in [0, 0.1) is 12.8 Å². The summed E-state index contributed by atoms with van der Waals surface area (Å²) in [6.45, 7) is 3.54. The summed E-state index contributed by atoms with van der Waals surface area (Å²) in [7, 11) is 0. The third kappa shape index (κ3) is 4.55. The molecule has 2 amide bonds. The minimum atomic E-state index is -0.680. The maximum absolute atomic E-state index is 12.4. The molecule has 2 aromatic carbocycles. The third-order valence-corrected chi connectivity index (χ3v) is 4.55. The number of nitrogens with one attached hydrogen (secondary N) is 2. The van der Waals surface area contributed by atoms with Crippen molar-refractivity contribution in [2.24, 2.45) is 5.92 Å². The molecular weight excluding hydrogens is 352 g/mol. The van der Waals surface area contributed by atoms with E-state index in [9.17, 15) is 9.59 Å². The molecule has 3 rings (SSSR count). The van der Waals surface area contributed by atoms with Gasteiger partial charge in [-0.3, -0.25) is 9.59 Å². The molecule has 0 bridgehead atoms. The molecule has 136 valence electrons. The van der Waals surface area contributed by atoms with E-state index in [4.69, 9.17) is 16.3 Å². The van der Waals surface area contributed by atoms with Crippen LogP contribution in [0.1, 0.15) is 25.3 Å². The summed E-state index contributed by atoms with van der Waals surface area (Å²) in [6.07, 6.45) is 1.21. The predicted molar refractivity (Wildman–Crippen MR) is 103 cm³/mol. The minimum absolute atomic E-state index is 0.0380. The quantitative estimate of drug-likeness (QED) is 0.789. The number of hydrogen-bond donors (Lipinski definition) is 2. The van der Waals surface area contributed by atoms with E-state index in [-0.39, 0.29) is 17.7 Å². The average Bonchev–Trinajstić information content (AvgIpc) is 3.45. The molecule has 0 aliphatic heterocycles. The molecule has 1 fully saturated rings. The molecule has 0 saturated heterocycles. The molecule has 1 atom stereocenters. The SMILES string of the molecule is Cc1c(NC(=O)C2CC2)cccc1NC(=O)C(C)Oc1ccc(Cl)cc1. The summed E-state index contributed by atoms with van der Waals surface area (Å²) in [5.74, 6) is 0.462. The molecule has 1 unspecified atom stereocenters. The molecule has 26 heavy (non-hydrogen) atoms. The predicted octanol–water partition coefficient (Wildman–Crippen LogP) is 4.40. The van der Waals surface area contributed by atoms with Crippen molar-refractivity contribution in [1.82, 2.24) is 0 Å². The highest BCUT2D eigenvalue weighted by Crippen LogP contribution is 2.31.